The molecule has 138 valence electrons. The van der Waals surface area contributed by atoms with Gasteiger partial charge in [0, 0.05) is 0 Å². The molecule has 0 fully saturated rings. The summed E-state index contributed by atoms with van der Waals surface area (Å²) in [4.78, 5) is 13.0. The van der Waals surface area contributed by atoms with Crippen LogP contribution in [0.5, 0.6) is 0 Å². The van der Waals surface area contributed by atoms with Crippen molar-refractivity contribution in [3.63, 3.8) is 0 Å². The molecule has 0 heterocycles. The Kier molecular flexibility index (Phi) is 7.85. The van der Waals surface area contributed by atoms with Gasteiger partial charge in [-0.2, -0.15) is 0 Å². The lowest BCUT2D eigenvalue weighted by molar-refractivity contribution is -0.167. The maximum Gasteiger partial charge on any atom is 0.312 e. The van der Waals surface area contributed by atoms with Gasteiger partial charge in [0.25, 0.3) is 0 Å². The minimum Gasteiger partial charge on any atom is -0.465 e. The predicted octanol–water partition coefficient (Wildman–Crippen LogP) is 6.34. The normalized spacial score (nSPS) is 18.4. The van der Waals surface area contributed by atoms with Gasteiger partial charge in [0.1, 0.15) is 0 Å². The second kappa shape index (κ2) is 8.03. The maximum atomic E-state index is 13.0. The Balaban J connectivity index is 5.14. The van der Waals surface area contributed by atoms with E-state index in [1.165, 1.54) is 0 Å². The smallest absolute Gasteiger partial charge is 0.312 e. The molecule has 0 aromatic rings. The van der Waals surface area contributed by atoms with Crippen LogP contribution >= 0.6 is 0 Å². The van der Waals surface area contributed by atoms with Gasteiger partial charge in [0.05, 0.1) is 12.0 Å². The number of esters is 1. The molecule has 0 bridgehead atoms. The van der Waals surface area contributed by atoms with Crippen molar-refractivity contribution in [2.75, 3.05) is 6.61 Å². The van der Waals surface area contributed by atoms with E-state index in [0.717, 1.165) is 12.8 Å². The molecule has 0 aromatic heterocycles. The first-order valence-corrected chi connectivity index (χ1v) is 9.33. The Labute approximate surface area is 145 Å². The minimum absolute atomic E-state index is 0.0185. The monoisotopic (exact) mass is 326 g/mol. The first kappa shape index (κ1) is 22.5. The van der Waals surface area contributed by atoms with Crippen LogP contribution in [0.4, 0.5) is 0 Å². The molecular formula is C21H42O2. The molecule has 3 unspecified atom stereocenters. The molecule has 0 saturated carbocycles. The maximum absolute atomic E-state index is 13.0. The highest BCUT2D eigenvalue weighted by Gasteiger charge is 2.49. The molecule has 0 aliphatic rings. The fourth-order valence-electron chi connectivity index (χ4n) is 4.19. The van der Waals surface area contributed by atoms with E-state index in [2.05, 4.69) is 76.2 Å². The van der Waals surface area contributed by atoms with Crippen LogP contribution < -0.4 is 0 Å². The van der Waals surface area contributed by atoms with Gasteiger partial charge in [-0.15, -0.1) is 0 Å². The molecule has 0 aliphatic heterocycles. The van der Waals surface area contributed by atoms with Crippen molar-refractivity contribution >= 4 is 5.97 Å². The van der Waals surface area contributed by atoms with Crippen LogP contribution in [-0.2, 0) is 9.53 Å². The van der Waals surface area contributed by atoms with Crippen LogP contribution in [0.3, 0.4) is 0 Å². The molecular weight excluding hydrogens is 284 g/mol. The summed E-state index contributed by atoms with van der Waals surface area (Å²) in [5.74, 6) is 0.942. The van der Waals surface area contributed by atoms with Crippen LogP contribution in [0, 0.1) is 34.0 Å². The van der Waals surface area contributed by atoms with Gasteiger partial charge in [0.15, 0.2) is 0 Å². The van der Waals surface area contributed by atoms with E-state index in [0.29, 0.717) is 18.4 Å². The van der Waals surface area contributed by atoms with Crippen molar-refractivity contribution in [2.45, 2.75) is 89.0 Å². The van der Waals surface area contributed by atoms with Gasteiger partial charge in [-0.1, -0.05) is 75.7 Å². The van der Waals surface area contributed by atoms with Crippen LogP contribution in [-0.4, -0.2) is 12.6 Å². The third-order valence-electron chi connectivity index (χ3n) is 5.28. The average molecular weight is 327 g/mol. The van der Waals surface area contributed by atoms with Crippen molar-refractivity contribution < 1.29 is 9.53 Å². The van der Waals surface area contributed by atoms with Crippen molar-refractivity contribution in [3.05, 3.63) is 0 Å². The summed E-state index contributed by atoms with van der Waals surface area (Å²) >= 11 is 0. The largest absolute Gasteiger partial charge is 0.465 e. The molecule has 23 heavy (non-hydrogen) atoms. The molecule has 0 aromatic carbocycles. The lowest BCUT2D eigenvalue weighted by Crippen LogP contribution is -2.47. The quantitative estimate of drug-likeness (QED) is 0.510. The highest BCUT2D eigenvalue weighted by molar-refractivity contribution is 5.77. The zero-order valence-electron chi connectivity index (χ0n) is 17.7. The molecule has 0 spiro atoms. The second-order valence-electron chi connectivity index (χ2n) is 10.2. The standard InChI is InChI=1S/C21H42O2/c1-12-17(20(8,9)10)21(11,15(2)3)18(22)23-14-16(4)13-19(5,6)7/h15-17H,12-14H2,1-11H3. The van der Waals surface area contributed by atoms with Crippen molar-refractivity contribution in [1.29, 1.82) is 0 Å². The van der Waals surface area contributed by atoms with Gasteiger partial charge in [-0.05, 0) is 41.9 Å². The summed E-state index contributed by atoms with van der Waals surface area (Å²) in [6.45, 7) is 24.7. The Morgan fingerprint density at radius 2 is 1.43 bits per heavy atom. The van der Waals surface area contributed by atoms with Crippen LogP contribution in [0.15, 0.2) is 0 Å². The Morgan fingerprint density at radius 1 is 0.957 bits per heavy atom. The minimum atomic E-state index is -0.436. The SMILES string of the molecule is CCC(C(C)(C)C)C(C)(C(=O)OCC(C)CC(C)(C)C)C(C)C. The molecule has 2 heteroatoms. The number of hydrogen-bond donors (Lipinski definition) is 0. The average Bonchev–Trinajstić information content (AvgIpc) is 2.32. The molecule has 0 aliphatic carbocycles. The molecule has 0 saturated heterocycles. The van der Waals surface area contributed by atoms with E-state index < -0.39 is 5.41 Å². The number of hydrogen-bond acceptors (Lipinski definition) is 2. The van der Waals surface area contributed by atoms with E-state index >= 15 is 0 Å². The van der Waals surface area contributed by atoms with Crippen LogP contribution in [0.2, 0.25) is 0 Å². The summed E-state index contributed by atoms with van der Waals surface area (Å²) in [5.41, 5.74) is -0.0805. The van der Waals surface area contributed by atoms with Crippen molar-refractivity contribution in [2.24, 2.45) is 34.0 Å². The highest BCUT2D eigenvalue weighted by Crippen LogP contribution is 2.47. The highest BCUT2D eigenvalue weighted by atomic mass is 16.5. The number of ether oxygens (including phenoxy) is 1. The molecule has 3 atom stereocenters. The van der Waals surface area contributed by atoms with E-state index in [-0.39, 0.29) is 22.7 Å². The fraction of sp³-hybridized carbons (Fsp3) is 0.952. The first-order valence-electron chi connectivity index (χ1n) is 9.33. The summed E-state index contributed by atoms with van der Waals surface area (Å²) in [6.07, 6.45) is 2.06. The zero-order valence-corrected chi connectivity index (χ0v) is 17.7. The molecule has 0 rings (SSSR count). The number of carbonyl (C=O) groups is 1. The van der Waals surface area contributed by atoms with Crippen LogP contribution in [0.25, 0.3) is 0 Å². The molecule has 0 N–H and O–H groups in total. The predicted molar refractivity (Wildman–Crippen MR) is 100 cm³/mol. The Bertz CT molecular complexity index is 370. The molecule has 0 amide bonds. The number of rotatable bonds is 7. The summed E-state index contributed by atoms with van der Waals surface area (Å²) in [7, 11) is 0. The van der Waals surface area contributed by atoms with E-state index in [4.69, 9.17) is 4.74 Å². The Morgan fingerprint density at radius 3 is 1.74 bits per heavy atom. The third-order valence-corrected chi connectivity index (χ3v) is 5.28. The van der Waals surface area contributed by atoms with E-state index in [1.807, 2.05) is 0 Å². The lowest BCUT2D eigenvalue weighted by Gasteiger charge is -2.45. The van der Waals surface area contributed by atoms with Crippen LogP contribution in [0.1, 0.15) is 89.0 Å². The topological polar surface area (TPSA) is 26.3 Å². The second-order valence-corrected chi connectivity index (χ2v) is 10.2. The summed E-state index contributed by atoms with van der Waals surface area (Å²) in [6, 6.07) is 0. The van der Waals surface area contributed by atoms with Gasteiger partial charge in [-0.3, -0.25) is 4.79 Å². The van der Waals surface area contributed by atoms with Crippen molar-refractivity contribution in [1.82, 2.24) is 0 Å². The van der Waals surface area contributed by atoms with Gasteiger partial charge >= 0.3 is 5.97 Å². The first-order chi connectivity index (χ1) is 10.2. The number of carbonyl (C=O) groups excluding carboxylic acids is 1. The Hall–Kier alpha value is -0.530. The van der Waals surface area contributed by atoms with Crippen molar-refractivity contribution in [3.8, 4) is 0 Å². The van der Waals surface area contributed by atoms with E-state index in [1.54, 1.807) is 0 Å². The van der Waals surface area contributed by atoms with E-state index in [9.17, 15) is 4.79 Å². The molecule has 0 radical (unpaired) electrons. The zero-order chi connectivity index (χ0) is 18.6. The van der Waals surface area contributed by atoms with Gasteiger partial charge in [-0.25, -0.2) is 0 Å². The summed E-state index contributed by atoms with van der Waals surface area (Å²) < 4.78 is 5.82. The fourth-order valence-corrected chi connectivity index (χ4v) is 4.19. The molecule has 2 nitrogen and oxygen atoms in total. The lowest BCUT2D eigenvalue weighted by atomic mass is 9.59. The summed E-state index contributed by atoms with van der Waals surface area (Å²) in [5, 5.41) is 0. The van der Waals surface area contributed by atoms with Gasteiger partial charge in [0.2, 0.25) is 0 Å². The van der Waals surface area contributed by atoms with Gasteiger partial charge < -0.3 is 4.74 Å². The third kappa shape index (κ3) is 6.47.